The molecular formula is C26H34ClN3O4S. The number of rotatable bonds is 13. The van der Waals surface area contributed by atoms with Gasteiger partial charge in [-0.1, -0.05) is 50.4 Å². The fraction of sp³-hybridized carbons (Fsp3) is 0.423. The number of carbonyl (C=O) groups is 1. The molecule has 0 aliphatic heterocycles. The fourth-order valence-electron chi connectivity index (χ4n) is 3.31. The predicted molar refractivity (Wildman–Crippen MR) is 140 cm³/mol. The summed E-state index contributed by atoms with van der Waals surface area (Å²) in [7, 11) is -3.66. The van der Waals surface area contributed by atoms with Gasteiger partial charge in [-0.3, -0.25) is 4.79 Å². The van der Waals surface area contributed by atoms with Crippen LogP contribution in [0.3, 0.4) is 0 Å². The van der Waals surface area contributed by atoms with Gasteiger partial charge in [0.05, 0.1) is 24.1 Å². The van der Waals surface area contributed by atoms with Gasteiger partial charge in [0.2, 0.25) is 15.9 Å². The molecule has 0 aliphatic rings. The van der Waals surface area contributed by atoms with E-state index in [-0.39, 0.29) is 23.3 Å². The van der Waals surface area contributed by atoms with Gasteiger partial charge in [0, 0.05) is 23.7 Å². The molecule has 0 fully saturated rings. The van der Waals surface area contributed by atoms with Crippen LogP contribution >= 0.6 is 11.6 Å². The molecule has 35 heavy (non-hydrogen) atoms. The summed E-state index contributed by atoms with van der Waals surface area (Å²) in [5, 5.41) is 0.555. The Bertz CT molecular complexity index is 1130. The van der Waals surface area contributed by atoms with Crippen molar-refractivity contribution in [3.8, 4) is 18.1 Å². The second-order valence-corrected chi connectivity index (χ2v) is 10.8. The van der Waals surface area contributed by atoms with Crippen LogP contribution in [0.1, 0.15) is 38.3 Å². The minimum absolute atomic E-state index is 0.0276. The monoisotopic (exact) mass is 519 g/mol. The van der Waals surface area contributed by atoms with Crippen LogP contribution in [0.4, 0.5) is 0 Å². The lowest BCUT2D eigenvalue weighted by Gasteiger charge is -2.28. The predicted octanol–water partition coefficient (Wildman–Crippen LogP) is 3.59. The zero-order valence-electron chi connectivity index (χ0n) is 20.5. The lowest BCUT2D eigenvalue weighted by atomic mass is 10.0. The number of sulfonamides is 1. The maximum absolute atomic E-state index is 13.2. The highest BCUT2D eigenvalue weighted by Gasteiger charge is 2.25. The van der Waals surface area contributed by atoms with Crippen LogP contribution in [-0.2, 0) is 27.8 Å². The van der Waals surface area contributed by atoms with E-state index < -0.39 is 16.1 Å². The van der Waals surface area contributed by atoms with E-state index in [0.29, 0.717) is 36.9 Å². The number of nitrogens with one attached hydrogen (secondary N) is 1. The van der Waals surface area contributed by atoms with Gasteiger partial charge in [0.1, 0.15) is 5.75 Å². The van der Waals surface area contributed by atoms with Crippen molar-refractivity contribution in [3.05, 3.63) is 58.6 Å². The van der Waals surface area contributed by atoms with Crippen LogP contribution in [0.2, 0.25) is 5.02 Å². The summed E-state index contributed by atoms with van der Waals surface area (Å²) in [6.07, 6.45) is 6.50. The van der Waals surface area contributed by atoms with E-state index in [0.717, 1.165) is 17.5 Å². The van der Waals surface area contributed by atoms with Crippen molar-refractivity contribution in [2.45, 2.75) is 51.1 Å². The molecule has 1 amide bonds. The Kier molecular flexibility index (Phi) is 11.1. The van der Waals surface area contributed by atoms with Crippen LogP contribution in [0.25, 0.3) is 0 Å². The van der Waals surface area contributed by atoms with Crippen LogP contribution < -0.4 is 15.2 Å². The molecule has 0 spiro atoms. The number of halogens is 1. The number of ether oxygens (including phenoxy) is 1. The highest BCUT2D eigenvalue weighted by molar-refractivity contribution is 7.89. The zero-order valence-corrected chi connectivity index (χ0v) is 22.0. The average Bonchev–Trinajstić information content (AvgIpc) is 2.84. The first-order valence-electron chi connectivity index (χ1n) is 11.6. The van der Waals surface area contributed by atoms with Gasteiger partial charge >= 0.3 is 0 Å². The SMILES string of the molecule is C#CCNS(=O)(=O)c1ccc(CCN(Cc2cc(Cl)ccc2OCCC)C(=O)[C@@H](N)C(C)C)cc1. The van der Waals surface area contributed by atoms with Gasteiger partial charge in [0.15, 0.2) is 0 Å². The molecule has 3 N–H and O–H groups in total. The number of amides is 1. The molecule has 0 aliphatic carbocycles. The molecule has 190 valence electrons. The third-order valence-electron chi connectivity index (χ3n) is 5.43. The Morgan fingerprint density at radius 1 is 1.23 bits per heavy atom. The van der Waals surface area contributed by atoms with E-state index in [4.69, 9.17) is 28.5 Å². The van der Waals surface area contributed by atoms with Gasteiger partial charge < -0.3 is 15.4 Å². The largest absolute Gasteiger partial charge is 0.493 e. The van der Waals surface area contributed by atoms with Crippen LogP contribution in [0.5, 0.6) is 5.75 Å². The third kappa shape index (κ3) is 8.55. The number of terminal acetylenes is 1. The Labute approximate surface area is 214 Å². The van der Waals surface area contributed by atoms with Crippen molar-refractivity contribution in [2.75, 3.05) is 19.7 Å². The Morgan fingerprint density at radius 2 is 1.91 bits per heavy atom. The number of benzene rings is 2. The first-order chi connectivity index (χ1) is 16.6. The number of nitrogens with zero attached hydrogens (tertiary/aromatic N) is 1. The minimum Gasteiger partial charge on any atom is -0.493 e. The highest BCUT2D eigenvalue weighted by atomic mass is 35.5. The topological polar surface area (TPSA) is 102 Å². The number of nitrogens with two attached hydrogens (primary N) is 1. The number of hydrogen-bond acceptors (Lipinski definition) is 5. The zero-order chi connectivity index (χ0) is 26.0. The van der Waals surface area contributed by atoms with Gasteiger partial charge in [0.25, 0.3) is 0 Å². The summed E-state index contributed by atoms with van der Waals surface area (Å²) < 4.78 is 32.7. The molecule has 0 unspecified atom stereocenters. The minimum atomic E-state index is -3.66. The molecule has 0 heterocycles. The van der Waals surface area contributed by atoms with Crippen molar-refractivity contribution in [1.29, 1.82) is 0 Å². The summed E-state index contributed by atoms with van der Waals surface area (Å²) in [4.78, 5) is 15.1. The molecule has 0 saturated carbocycles. The van der Waals surface area contributed by atoms with Crippen molar-refractivity contribution in [1.82, 2.24) is 9.62 Å². The van der Waals surface area contributed by atoms with Crippen LogP contribution in [-0.4, -0.2) is 45.0 Å². The lowest BCUT2D eigenvalue weighted by Crippen LogP contribution is -2.46. The Hall–Kier alpha value is -2.57. The summed E-state index contributed by atoms with van der Waals surface area (Å²) in [5.74, 6) is 2.74. The molecule has 2 aromatic rings. The van der Waals surface area contributed by atoms with Crippen molar-refractivity contribution in [2.24, 2.45) is 11.7 Å². The van der Waals surface area contributed by atoms with Crippen molar-refractivity contribution < 1.29 is 17.9 Å². The van der Waals surface area contributed by atoms with E-state index in [1.54, 1.807) is 29.2 Å². The average molecular weight is 520 g/mol. The summed E-state index contributed by atoms with van der Waals surface area (Å²) in [6, 6.07) is 11.2. The molecule has 0 saturated heterocycles. The first kappa shape index (κ1) is 28.7. The van der Waals surface area contributed by atoms with Gasteiger partial charge in [-0.15, -0.1) is 6.42 Å². The Balaban J connectivity index is 2.23. The van der Waals surface area contributed by atoms with E-state index in [1.807, 2.05) is 26.8 Å². The van der Waals surface area contributed by atoms with E-state index in [1.165, 1.54) is 12.1 Å². The van der Waals surface area contributed by atoms with Gasteiger partial charge in [-0.25, -0.2) is 8.42 Å². The molecule has 2 aromatic carbocycles. The van der Waals surface area contributed by atoms with E-state index in [9.17, 15) is 13.2 Å². The molecule has 9 heteroatoms. The smallest absolute Gasteiger partial charge is 0.241 e. The first-order valence-corrected chi connectivity index (χ1v) is 13.4. The second kappa shape index (κ2) is 13.5. The number of carbonyl (C=O) groups excluding carboxylic acids is 1. The molecule has 2 rings (SSSR count). The maximum atomic E-state index is 13.2. The van der Waals surface area contributed by atoms with Crippen LogP contribution in [0.15, 0.2) is 47.4 Å². The van der Waals surface area contributed by atoms with Crippen molar-refractivity contribution >= 4 is 27.5 Å². The van der Waals surface area contributed by atoms with Crippen molar-refractivity contribution in [3.63, 3.8) is 0 Å². The molecule has 0 bridgehead atoms. The Morgan fingerprint density at radius 3 is 2.51 bits per heavy atom. The van der Waals surface area contributed by atoms with Gasteiger partial charge in [-0.2, -0.15) is 4.72 Å². The molecule has 0 radical (unpaired) electrons. The summed E-state index contributed by atoms with van der Waals surface area (Å²) in [6.45, 7) is 6.99. The maximum Gasteiger partial charge on any atom is 0.241 e. The fourth-order valence-corrected chi connectivity index (χ4v) is 4.44. The molecular weight excluding hydrogens is 486 g/mol. The normalized spacial score (nSPS) is 12.3. The second-order valence-electron chi connectivity index (χ2n) is 8.55. The quantitative estimate of drug-likeness (QED) is 0.394. The highest BCUT2D eigenvalue weighted by Crippen LogP contribution is 2.25. The van der Waals surface area contributed by atoms with Gasteiger partial charge in [-0.05, 0) is 54.7 Å². The summed E-state index contributed by atoms with van der Waals surface area (Å²) in [5.41, 5.74) is 7.89. The third-order valence-corrected chi connectivity index (χ3v) is 7.08. The molecule has 0 aromatic heterocycles. The number of hydrogen-bond donors (Lipinski definition) is 2. The summed E-state index contributed by atoms with van der Waals surface area (Å²) >= 11 is 6.23. The van der Waals surface area contributed by atoms with Crippen LogP contribution in [0, 0.1) is 18.3 Å². The molecule has 1 atom stereocenters. The standard InChI is InChI=1S/C26H34ClN3O4S/c1-5-14-29-35(32,33)23-10-7-20(8-11-23)13-15-30(26(31)25(28)19(3)4)18-21-17-22(27)9-12-24(21)34-16-6-2/h1,7-12,17,19,25,29H,6,13-16,18,28H2,2-4H3/t25-/m0/s1. The lowest BCUT2D eigenvalue weighted by molar-refractivity contribution is -0.134. The molecule has 7 nitrogen and oxygen atoms in total. The van der Waals surface area contributed by atoms with E-state index >= 15 is 0 Å². The van der Waals surface area contributed by atoms with E-state index in [2.05, 4.69) is 10.6 Å².